The summed E-state index contributed by atoms with van der Waals surface area (Å²) in [5, 5.41) is 7.91. The quantitative estimate of drug-likeness (QED) is 0.769. The van der Waals surface area contributed by atoms with Gasteiger partial charge in [0.15, 0.2) is 5.82 Å². The highest BCUT2D eigenvalue weighted by atomic mass is 15.3. The number of hydrogen-bond acceptors (Lipinski definition) is 3. The van der Waals surface area contributed by atoms with Gasteiger partial charge < -0.3 is 5.32 Å². The average Bonchev–Trinajstić information content (AvgIpc) is 2.61. The zero-order chi connectivity index (χ0) is 9.97. The first-order valence-electron chi connectivity index (χ1n) is 5.44. The van der Waals surface area contributed by atoms with Crippen molar-refractivity contribution in [3.8, 4) is 0 Å². The lowest BCUT2D eigenvalue weighted by molar-refractivity contribution is 0.396. The molecule has 0 aromatic carbocycles. The molecule has 1 fully saturated rings. The Labute approximate surface area is 84.7 Å². The van der Waals surface area contributed by atoms with Crippen molar-refractivity contribution in [2.24, 2.45) is 7.05 Å². The Morgan fingerprint density at radius 3 is 2.93 bits per heavy atom. The summed E-state index contributed by atoms with van der Waals surface area (Å²) < 4.78 is 1.89. The molecular weight excluding hydrogens is 176 g/mol. The van der Waals surface area contributed by atoms with Gasteiger partial charge in [-0.25, -0.2) is 4.98 Å². The standard InChI is InChI=1S/C10H18N4/c1-3-9-12-10(13-14(9)2)8-6-4-5-7-11-8/h8,11H,3-7H2,1-2H3. The molecule has 1 atom stereocenters. The molecule has 0 bridgehead atoms. The second kappa shape index (κ2) is 4.09. The SMILES string of the molecule is CCc1nc(C2CCCCN2)nn1C. The van der Waals surface area contributed by atoms with Crippen molar-refractivity contribution in [1.29, 1.82) is 0 Å². The van der Waals surface area contributed by atoms with E-state index in [2.05, 4.69) is 22.3 Å². The predicted octanol–water partition coefficient (Wildman–Crippen LogP) is 1.19. The topological polar surface area (TPSA) is 42.7 Å². The molecule has 1 N–H and O–H groups in total. The first kappa shape index (κ1) is 9.65. The third-order valence-electron chi connectivity index (χ3n) is 2.81. The van der Waals surface area contributed by atoms with Gasteiger partial charge in [-0.2, -0.15) is 5.10 Å². The number of rotatable bonds is 2. The van der Waals surface area contributed by atoms with Crippen molar-refractivity contribution < 1.29 is 0 Å². The van der Waals surface area contributed by atoms with E-state index in [0.717, 1.165) is 24.6 Å². The van der Waals surface area contributed by atoms with E-state index >= 15 is 0 Å². The molecule has 78 valence electrons. The van der Waals surface area contributed by atoms with Crippen LogP contribution in [0.2, 0.25) is 0 Å². The third-order valence-corrected chi connectivity index (χ3v) is 2.81. The first-order chi connectivity index (χ1) is 6.81. The average molecular weight is 194 g/mol. The van der Waals surface area contributed by atoms with Crippen LogP contribution in [0.15, 0.2) is 0 Å². The van der Waals surface area contributed by atoms with E-state index < -0.39 is 0 Å². The number of piperidine rings is 1. The Morgan fingerprint density at radius 1 is 1.50 bits per heavy atom. The zero-order valence-electron chi connectivity index (χ0n) is 8.95. The highest BCUT2D eigenvalue weighted by molar-refractivity contribution is 4.99. The van der Waals surface area contributed by atoms with E-state index in [4.69, 9.17) is 0 Å². The van der Waals surface area contributed by atoms with Crippen molar-refractivity contribution in [3.63, 3.8) is 0 Å². The highest BCUT2D eigenvalue weighted by Crippen LogP contribution is 2.20. The van der Waals surface area contributed by atoms with Gasteiger partial charge in [0.2, 0.25) is 0 Å². The van der Waals surface area contributed by atoms with E-state index in [0.29, 0.717) is 6.04 Å². The van der Waals surface area contributed by atoms with Gasteiger partial charge in [-0.15, -0.1) is 0 Å². The van der Waals surface area contributed by atoms with Gasteiger partial charge >= 0.3 is 0 Å². The Bertz CT molecular complexity index is 299. The molecule has 1 aromatic heterocycles. The maximum Gasteiger partial charge on any atom is 0.167 e. The smallest absolute Gasteiger partial charge is 0.167 e. The number of aryl methyl sites for hydroxylation is 2. The summed E-state index contributed by atoms with van der Waals surface area (Å²) in [7, 11) is 1.97. The monoisotopic (exact) mass is 194 g/mol. The van der Waals surface area contributed by atoms with Gasteiger partial charge in [0, 0.05) is 13.5 Å². The van der Waals surface area contributed by atoms with Crippen LogP contribution in [0.3, 0.4) is 0 Å². The Balaban J connectivity index is 2.14. The molecule has 0 radical (unpaired) electrons. The molecule has 1 aromatic rings. The van der Waals surface area contributed by atoms with Crippen LogP contribution in [-0.4, -0.2) is 21.3 Å². The van der Waals surface area contributed by atoms with Crippen LogP contribution < -0.4 is 5.32 Å². The summed E-state index contributed by atoms with van der Waals surface area (Å²) in [6.45, 7) is 3.21. The van der Waals surface area contributed by atoms with Crippen LogP contribution >= 0.6 is 0 Å². The lowest BCUT2D eigenvalue weighted by atomic mass is 10.0. The summed E-state index contributed by atoms with van der Waals surface area (Å²) in [4.78, 5) is 4.54. The van der Waals surface area contributed by atoms with Crippen LogP contribution in [0.4, 0.5) is 0 Å². The minimum Gasteiger partial charge on any atom is -0.307 e. The molecule has 1 aliphatic heterocycles. The van der Waals surface area contributed by atoms with Gasteiger partial charge in [-0.1, -0.05) is 13.3 Å². The second-order valence-corrected chi connectivity index (χ2v) is 3.87. The summed E-state index contributed by atoms with van der Waals surface area (Å²) >= 11 is 0. The number of hydrogen-bond donors (Lipinski definition) is 1. The number of aromatic nitrogens is 3. The van der Waals surface area contributed by atoms with Crippen LogP contribution in [0.1, 0.15) is 43.9 Å². The van der Waals surface area contributed by atoms with Crippen LogP contribution in [-0.2, 0) is 13.5 Å². The molecule has 0 saturated carbocycles. The molecular formula is C10H18N4. The Kier molecular flexibility index (Phi) is 2.82. The molecule has 1 aliphatic rings. The van der Waals surface area contributed by atoms with Gasteiger partial charge in [0.1, 0.15) is 5.82 Å². The van der Waals surface area contributed by atoms with Crippen molar-refractivity contribution in [2.75, 3.05) is 6.54 Å². The summed E-state index contributed by atoms with van der Waals surface area (Å²) in [6.07, 6.45) is 4.70. The maximum atomic E-state index is 4.54. The lowest BCUT2D eigenvalue weighted by Crippen LogP contribution is -2.27. The molecule has 14 heavy (non-hydrogen) atoms. The van der Waals surface area contributed by atoms with Gasteiger partial charge in [-0.3, -0.25) is 4.68 Å². The van der Waals surface area contributed by atoms with Crippen molar-refractivity contribution in [2.45, 2.75) is 38.6 Å². The number of nitrogens with zero attached hydrogens (tertiary/aromatic N) is 3. The fourth-order valence-corrected chi connectivity index (χ4v) is 1.97. The van der Waals surface area contributed by atoms with E-state index in [9.17, 15) is 0 Å². The lowest BCUT2D eigenvalue weighted by Gasteiger charge is -2.20. The molecule has 4 nitrogen and oxygen atoms in total. The van der Waals surface area contributed by atoms with E-state index in [1.165, 1.54) is 19.3 Å². The summed E-state index contributed by atoms with van der Waals surface area (Å²) in [5.41, 5.74) is 0. The van der Waals surface area contributed by atoms with Gasteiger partial charge in [-0.05, 0) is 19.4 Å². The minimum absolute atomic E-state index is 0.384. The van der Waals surface area contributed by atoms with Crippen LogP contribution in [0, 0.1) is 0 Å². The first-order valence-corrected chi connectivity index (χ1v) is 5.44. The number of nitrogens with one attached hydrogen (secondary N) is 1. The predicted molar refractivity (Wildman–Crippen MR) is 55.0 cm³/mol. The largest absolute Gasteiger partial charge is 0.307 e. The molecule has 1 saturated heterocycles. The molecule has 1 unspecified atom stereocenters. The van der Waals surface area contributed by atoms with Crippen molar-refractivity contribution in [3.05, 3.63) is 11.6 Å². The normalized spacial score (nSPS) is 22.6. The minimum atomic E-state index is 0.384. The molecule has 0 aliphatic carbocycles. The van der Waals surface area contributed by atoms with Crippen LogP contribution in [0.5, 0.6) is 0 Å². The van der Waals surface area contributed by atoms with E-state index in [1.54, 1.807) is 0 Å². The molecule has 0 spiro atoms. The Morgan fingerprint density at radius 2 is 2.36 bits per heavy atom. The molecule has 0 amide bonds. The summed E-state index contributed by atoms with van der Waals surface area (Å²) in [5.74, 6) is 2.05. The van der Waals surface area contributed by atoms with Gasteiger partial charge in [0.25, 0.3) is 0 Å². The molecule has 2 rings (SSSR count). The highest BCUT2D eigenvalue weighted by Gasteiger charge is 2.19. The molecule has 4 heteroatoms. The van der Waals surface area contributed by atoms with Crippen molar-refractivity contribution >= 4 is 0 Å². The van der Waals surface area contributed by atoms with E-state index in [1.807, 2.05) is 11.7 Å². The maximum absolute atomic E-state index is 4.54. The fraction of sp³-hybridized carbons (Fsp3) is 0.800. The van der Waals surface area contributed by atoms with Gasteiger partial charge in [0.05, 0.1) is 6.04 Å². The second-order valence-electron chi connectivity index (χ2n) is 3.87. The van der Waals surface area contributed by atoms with E-state index in [-0.39, 0.29) is 0 Å². The Hall–Kier alpha value is -0.900. The fourth-order valence-electron chi connectivity index (χ4n) is 1.97. The van der Waals surface area contributed by atoms with Crippen molar-refractivity contribution in [1.82, 2.24) is 20.1 Å². The van der Waals surface area contributed by atoms with Crippen LogP contribution in [0.25, 0.3) is 0 Å². The third kappa shape index (κ3) is 1.80. The zero-order valence-corrected chi connectivity index (χ0v) is 8.95. The molecule has 2 heterocycles. The summed E-state index contributed by atoms with van der Waals surface area (Å²) in [6, 6.07) is 0.384.